The van der Waals surface area contributed by atoms with Crippen LogP contribution >= 0.6 is 0 Å². The molecule has 1 fully saturated rings. The van der Waals surface area contributed by atoms with Gasteiger partial charge >= 0.3 is 0 Å². The van der Waals surface area contributed by atoms with Gasteiger partial charge in [-0.2, -0.15) is 0 Å². The van der Waals surface area contributed by atoms with Crippen LogP contribution in [0.3, 0.4) is 0 Å². The van der Waals surface area contributed by atoms with E-state index in [4.69, 9.17) is 9.47 Å². The Kier molecular flexibility index (Phi) is 7.03. The first kappa shape index (κ1) is 19.9. The van der Waals surface area contributed by atoms with E-state index in [9.17, 15) is 4.79 Å². The van der Waals surface area contributed by atoms with Gasteiger partial charge < -0.3 is 14.8 Å². The minimum atomic E-state index is -0.204. The van der Waals surface area contributed by atoms with Crippen LogP contribution in [-0.4, -0.2) is 37.7 Å². The molecule has 0 radical (unpaired) electrons. The first-order chi connectivity index (χ1) is 13.6. The van der Waals surface area contributed by atoms with Gasteiger partial charge in [0, 0.05) is 17.9 Å². The fourth-order valence-electron chi connectivity index (χ4n) is 2.91. The fraction of sp³-hybridized carbons (Fsp3) is 0.364. The van der Waals surface area contributed by atoms with Crippen LogP contribution in [-0.2, 0) is 4.74 Å². The lowest BCUT2D eigenvalue weighted by molar-refractivity contribution is 0.0975. The first-order valence-electron chi connectivity index (χ1n) is 9.68. The number of carbonyl (C=O) groups is 1. The molecule has 0 aromatic heterocycles. The Labute approximate surface area is 166 Å². The fourth-order valence-corrected chi connectivity index (χ4v) is 2.91. The standard InChI is InChI=1S/C22H27N3O3/c1-3-27-19-12-10-18(11-13-19)24-22(23-15-20-5-4-14-28-20)25-21(26)17-8-6-16(2)7-9-17/h6-13,20H,3-5,14-15H2,1-2H3,(H2,23,24,25,26). The molecular weight excluding hydrogens is 354 g/mol. The van der Waals surface area contributed by atoms with Crippen molar-refractivity contribution in [3.8, 4) is 5.75 Å². The molecule has 0 bridgehead atoms. The predicted molar refractivity (Wildman–Crippen MR) is 111 cm³/mol. The molecule has 1 aliphatic heterocycles. The molecule has 2 aromatic carbocycles. The minimum Gasteiger partial charge on any atom is -0.494 e. The van der Waals surface area contributed by atoms with Gasteiger partial charge in [-0.05, 0) is 63.1 Å². The average molecular weight is 381 g/mol. The van der Waals surface area contributed by atoms with Crippen LogP contribution in [0.15, 0.2) is 53.5 Å². The van der Waals surface area contributed by atoms with Crippen molar-refractivity contribution in [3.63, 3.8) is 0 Å². The highest BCUT2D eigenvalue weighted by Crippen LogP contribution is 2.16. The highest BCUT2D eigenvalue weighted by molar-refractivity contribution is 6.09. The van der Waals surface area contributed by atoms with E-state index >= 15 is 0 Å². The van der Waals surface area contributed by atoms with Crippen molar-refractivity contribution in [2.24, 2.45) is 4.99 Å². The van der Waals surface area contributed by atoms with E-state index < -0.39 is 0 Å². The van der Waals surface area contributed by atoms with Gasteiger partial charge in [0.1, 0.15) is 5.75 Å². The summed E-state index contributed by atoms with van der Waals surface area (Å²) in [6.45, 7) is 5.84. The van der Waals surface area contributed by atoms with Gasteiger partial charge in [0.15, 0.2) is 0 Å². The number of hydrogen-bond acceptors (Lipinski definition) is 4. The second-order valence-electron chi connectivity index (χ2n) is 6.73. The zero-order valence-corrected chi connectivity index (χ0v) is 16.4. The number of nitrogens with one attached hydrogen (secondary N) is 2. The predicted octanol–water partition coefficient (Wildman–Crippen LogP) is 3.77. The van der Waals surface area contributed by atoms with Gasteiger partial charge in [0.05, 0.1) is 19.3 Å². The Morgan fingerprint density at radius 2 is 1.93 bits per heavy atom. The molecule has 1 atom stereocenters. The van der Waals surface area contributed by atoms with E-state index in [1.165, 1.54) is 0 Å². The summed E-state index contributed by atoms with van der Waals surface area (Å²) in [6, 6.07) is 15.0. The van der Waals surface area contributed by atoms with Crippen LogP contribution < -0.4 is 15.4 Å². The Morgan fingerprint density at radius 1 is 1.18 bits per heavy atom. The zero-order chi connectivity index (χ0) is 19.8. The number of hydrogen-bond donors (Lipinski definition) is 2. The summed E-state index contributed by atoms with van der Waals surface area (Å²) in [4.78, 5) is 17.2. The summed E-state index contributed by atoms with van der Waals surface area (Å²) >= 11 is 0. The highest BCUT2D eigenvalue weighted by Gasteiger charge is 2.16. The van der Waals surface area contributed by atoms with Crippen molar-refractivity contribution in [2.45, 2.75) is 32.8 Å². The number of anilines is 1. The summed E-state index contributed by atoms with van der Waals surface area (Å²) < 4.78 is 11.1. The second kappa shape index (κ2) is 9.90. The van der Waals surface area contributed by atoms with Gasteiger partial charge in [-0.15, -0.1) is 0 Å². The molecule has 0 spiro atoms. The third-order valence-corrected chi connectivity index (χ3v) is 4.45. The van der Waals surface area contributed by atoms with E-state index in [0.717, 1.165) is 36.4 Å². The molecule has 148 valence electrons. The molecule has 0 saturated carbocycles. The van der Waals surface area contributed by atoms with Gasteiger partial charge in [0.25, 0.3) is 5.91 Å². The van der Waals surface area contributed by atoms with Crippen molar-refractivity contribution in [2.75, 3.05) is 25.1 Å². The van der Waals surface area contributed by atoms with Crippen LogP contribution in [0.4, 0.5) is 5.69 Å². The third kappa shape index (κ3) is 5.82. The van der Waals surface area contributed by atoms with Crippen molar-refractivity contribution < 1.29 is 14.3 Å². The molecule has 2 N–H and O–H groups in total. The number of nitrogens with zero attached hydrogens (tertiary/aromatic N) is 1. The van der Waals surface area contributed by atoms with Crippen molar-refractivity contribution in [1.29, 1.82) is 0 Å². The van der Waals surface area contributed by atoms with E-state index in [0.29, 0.717) is 24.7 Å². The molecule has 2 aromatic rings. The first-order valence-corrected chi connectivity index (χ1v) is 9.68. The molecule has 1 saturated heterocycles. The van der Waals surface area contributed by atoms with Gasteiger partial charge in [-0.1, -0.05) is 17.7 Å². The number of ether oxygens (including phenoxy) is 2. The maximum absolute atomic E-state index is 12.6. The smallest absolute Gasteiger partial charge is 0.257 e. The Bertz CT molecular complexity index is 795. The minimum absolute atomic E-state index is 0.105. The summed E-state index contributed by atoms with van der Waals surface area (Å²) in [5.74, 6) is 1.00. The zero-order valence-electron chi connectivity index (χ0n) is 16.4. The maximum Gasteiger partial charge on any atom is 0.257 e. The van der Waals surface area contributed by atoms with Gasteiger partial charge in [0.2, 0.25) is 5.96 Å². The van der Waals surface area contributed by atoms with Crippen molar-refractivity contribution in [1.82, 2.24) is 5.32 Å². The molecule has 1 amide bonds. The lowest BCUT2D eigenvalue weighted by atomic mass is 10.1. The van der Waals surface area contributed by atoms with E-state index in [2.05, 4.69) is 15.6 Å². The number of carbonyl (C=O) groups excluding carboxylic acids is 1. The number of benzene rings is 2. The van der Waals surface area contributed by atoms with Crippen LogP contribution in [0.1, 0.15) is 35.7 Å². The van der Waals surface area contributed by atoms with E-state index in [-0.39, 0.29) is 12.0 Å². The van der Waals surface area contributed by atoms with Crippen LogP contribution in [0.2, 0.25) is 0 Å². The van der Waals surface area contributed by atoms with Crippen LogP contribution in [0.25, 0.3) is 0 Å². The molecule has 3 rings (SSSR count). The Morgan fingerprint density at radius 3 is 2.57 bits per heavy atom. The molecule has 6 nitrogen and oxygen atoms in total. The Hall–Kier alpha value is -2.86. The molecule has 1 heterocycles. The van der Waals surface area contributed by atoms with Crippen LogP contribution in [0.5, 0.6) is 5.75 Å². The number of aliphatic imine (C=N–C) groups is 1. The summed E-state index contributed by atoms with van der Waals surface area (Å²) in [7, 11) is 0. The summed E-state index contributed by atoms with van der Waals surface area (Å²) in [5, 5.41) is 6.07. The van der Waals surface area contributed by atoms with Crippen molar-refractivity contribution in [3.05, 3.63) is 59.7 Å². The molecule has 6 heteroatoms. The van der Waals surface area contributed by atoms with Gasteiger partial charge in [-0.25, -0.2) is 4.99 Å². The number of rotatable bonds is 6. The Balaban J connectivity index is 1.71. The topological polar surface area (TPSA) is 71.9 Å². The average Bonchev–Trinajstić information content (AvgIpc) is 3.22. The quantitative estimate of drug-likeness (QED) is 0.590. The molecule has 0 aliphatic carbocycles. The monoisotopic (exact) mass is 381 g/mol. The largest absolute Gasteiger partial charge is 0.494 e. The highest BCUT2D eigenvalue weighted by atomic mass is 16.5. The van der Waals surface area contributed by atoms with Crippen molar-refractivity contribution >= 4 is 17.6 Å². The summed E-state index contributed by atoms with van der Waals surface area (Å²) in [6.07, 6.45) is 2.15. The number of aryl methyl sites for hydroxylation is 1. The van der Waals surface area contributed by atoms with E-state index in [1.54, 1.807) is 12.1 Å². The maximum atomic E-state index is 12.6. The number of guanidine groups is 1. The molecule has 1 unspecified atom stereocenters. The lowest BCUT2D eigenvalue weighted by Gasteiger charge is -2.14. The van der Waals surface area contributed by atoms with Gasteiger partial charge in [-0.3, -0.25) is 10.1 Å². The van der Waals surface area contributed by atoms with E-state index in [1.807, 2.05) is 50.2 Å². The van der Waals surface area contributed by atoms with Crippen LogP contribution in [0, 0.1) is 6.92 Å². The molecular formula is C22H27N3O3. The normalized spacial score (nSPS) is 16.6. The molecule has 28 heavy (non-hydrogen) atoms. The number of amides is 1. The second-order valence-corrected chi connectivity index (χ2v) is 6.73. The SMILES string of the molecule is CCOc1ccc(NC(=NCC2CCCO2)NC(=O)c2ccc(C)cc2)cc1. The molecule has 1 aliphatic rings. The lowest BCUT2D eigenvalue weighted by Crippen LogP contribution is -2.36. The third-order valence-electron chi connectivity index (χ3n) is 4.45. The summed E-state index contributed by atoms with van der Waals surface area (Å²) in [5.41, 5.74) is 2.51.